The van der Waals surface area contributed by atoms with Crippen molar-refractivity contribution in [3.8, 4) is 5.75 Å². The Morgan fingerprint density at radius 2 is 2.29 bits per heavy atom. The molecular weight excluding hydrogens is 228 g/mol. The molecule has 1 aliphatic rings. The Balaban J connectivity index is 0.000000317. The molecule has 1 aliphatic heterocycles. The van der Waals surface area contributed by atoms with Crippen molar-refractivity contribution in [2.45, 2.75) is 13.5 Å². The maximum absolute atomic E-state index is 10.9. The van der Waals surface area contributed by atoms with Crippen LogP contribution in [-0.2, 0) is 16.2 Å². The minimum absolute atomic E-state index is 0.0210. The molecule has 0 spiro atoms. The Bertz CT molecular complexity index is 429. The lowest BCUT2D eigenvalue weighted by Crippen LogP contribution is -2.25. The summed E-state index contributed by atoms with van der Waals surface area (Å²) in [6.07, 6.45) is 1.49. The fraction of sp³-hybridized carbons (Fsp3) is 0.300. The molecule has 0 atom stereocenters. The average Bonchev–Trinajstić information content (AvgIpc) is 2.27. The molecule has 0 fully saturated rings. The average molecular weight is 240 g/mol. The third kappa shape index (κ3) is 4.07. The van der Waals surface area contributed by atoms with Crippen LogP contribution in [0.1, 0.15) is 12.6 Å². The van der Waals surface area contributed by atoms with Crippen LogP contribution in [0.4, 0.5) is 5.69 Å². The number of carboxylic acids is 1. The third-order valence-electron chi connectivity index (χ3n) is 1.72. The summed E-state index contributed by atoms with van der Waals surface area (Å²) in [7, 11) is 0. The highest BCUT2D eigenvalue weighted by Crippen LogP contribution is 2.26. The molecule has 7 nitrogen and oxygen atoms in total. The zero-order chi connectivity index (χ0) is 12.8. The van der Waals surface area contributed by atoms with Gasteiger partial charge in [-0.3, -0.25) is 14.6 Å². The Morgan fingerprint density at radius 3 is 2.88 bits per heavy atom. The van der Waals surface area contributed by atoms with E-state index in [9.17, 15) is 4.79 Å². The number of amides is 1. The van der Waals surface area contributed by atoms with E-state index >= 15 is 0 Å². The van der Waals surface area contributed by atoms with E-state index < -0.39 is 5.97 Å². The van der Waals surface area contributed by atoms with E-state index in [2.05, 4.69) is 10.3 Å². The summed E-state index contributed by atoms with van der Waals surface area (Å²) in [5, 5.41) is 18.8. The number of nitrogens with zero attached hydrogens (tertiary/aromatic N) is 1. The van der Waals surface area contributed by atoms with Crippen molar-refractivity contribution in [2.75, 3.05) is 11.9 Å². The molecule has 1 amide bonds. The van der Waals surface area contributed by atoms with Crippen LogP contribution in [0.5, 0.6) is 5.75 Å². The molecule has 0 unspecified atom stereocenters. The van der Waals surface area contributed by atoms with Gasteiger partial charge in [0, 0.05) is 6.92 Å². The first-order chi connectivity index (χ1) is 8.02. The van der Waals surface area contributed by atoms with Crippen LogP contribution in [0.25, 0.3) is 0 Å². The van der Waals surface area contributed by atoms with E-state index in [0.717, 1.165) is 6.92 Å². The standard InChI is InChI=1S/C8H8N2O3.C2H4O2/c11-3-5-1-6-7(2-9-5)13-4-8(12)10-6;1-2(3)4/h1-2,11H,3-4H2,(H,10,12);1H3,(H,3,4). The summed E-state index contributed by atoms with van der Waals surface area (Å²) < 4.78 is 5.08. The van der Waals surface area contributed by atoms with Gasteiger partial charge in [0.05, 0.1) is 24.2 Å². The lowest BCUT2D eigenvalue weighted by Gasteiger charge is -2.17. The predicted molar refractivity (Wildman–Crippen MR) is 57.6 cm³/mol. The first-order valence-electron chi connectivity index (χ1n) is 4.75. The van der Waals surface area contributed by atoms with Crippen molar-refractivity contribution in [1.29, 1.82) is 0 Å². The highest BCUT2D eigenvalue weighted by molar-refractivity contribution is 5.95. The Morgan fingerprint density at radius 1 is 1.65 bits per heavy atom. The molecule has 0 aromatic carbocycles. The molecule has 17 heavy (non-hydrogen) atoms. The Labute approximate surface area is 97.1 Å². The molecule has 2 heterocycles. The first-order valence-corrected chi connectivity index (χ1v) is 4.75. The molecule has 0 saturated heterocycles. The van der Waals surface area contributed by atoms with E-state index in [0.29, 0.717) is 17.1 Å². The molecular formula is C10H12N2O5. The largest absolute Gasteiger partial charge is 0.481 e. The summed E-state index contributed by atoms with van der Waals surface area (Å²) in [4.78, 5) is 23.8. The highest BCUT2D eigenvalue weighted by Gasteiger charge is 2.16. The second-order valence-electron chi connectivity index (χ2n) is 3.19. The van der Waals surface area contributed by atoms with Crippen molar-refractivity contribution in [3.05, 3.63) is 18.0 Å². The fourth-order valence-corrected chi connectivity index (χ4v) is 1.11. The molecule has 3 N–H and O–H groups in total. The molecule has 2 rings (SSSR count). The number of aliphatic hydroxyl groups excluding tert-OH is 1. The Kier molecular flexibility index (Phi) is 4.41. The smallest absolute Gasteiger partial charge is 0.300 e. The maximum atomic E-state index is 10.9. The molecule has 1 aromatic rings. The number of anilines is 1. The van der Waals surface area contributed by atoms with Crippen molar-refractivity contribution in [1.82, 2.24) is 4.98 Å². The number of hydrogen-bond donors (Lipinski definition) is 3. The fourth-order valence-electron chi connectivity index (χ4n) is 1.11. The van der Waals surface area contributed by atoms with E-state index in [4.69, 9.17) is 19.7 Å². The number of fused-ring (bicyclic) bond motifs is 1. The Hall–Kier alpha value is -2.15. The summed E-state index contributed by atoms with van der Waals surface area (Å²) in [6.45, 7) is 0.955. The maximum Gasteiger partial charge on any atom is 0.300 e. The summed E-state index contributed by atoms with van der Waals surface area (Å²) >= 11 is 0. The number of nitrogens with one attached hydrogen (secondary N) is 1. The van der Waals surface area contributed by atoms with Crippen LogP contribution in [-0.4, -0.2) is 33.7 Å². The second-order valence-corrected chi connectivity index (χ2v) is 3.19. The van der Waals surface area contributed by atoms with Crippen LogP contribution < -0.4 is 10.1 Å². The predicted octanol–water partition coefficient (Wildman–Crippen LogP) is -0.00430. The van der Waals surface area contributed by atoms with Crippen molar-refractivity contribution in [2.24, 2.45) is 0 Å². The van der Waals surface area contributed by atoms with Gasteiger partial charge in [-0.05, 0) is 6.07 Å². The molecule has 0 radical (unpaired) electrons. The van der Waals surface area contributed by atoms with Gasteiger partial charge in [0.2, 0.25) is 0 Å². The van der Waals surface area contributed by atoms with E-state index in [1.807, 2.05) is 0 Å². The number of rotatable bonds is 1. The number of carbonyl (C=O) groups is 2. The lowest BCUT2D eigenvalue weighted by molar-refractivity contribution is -0.134. The molecule has 0 aliphatic carbocycles. The summed E-state index contributed by atoms with van der Waals surface area (Å²) in [5.74, 6) is -0.487. The van der Waals surface area contributed by atoms with Gasteiger partial charge in [0.1, 0.15) is 0 Å². The highest BCUT2D eigenvalue weighted by atomic mass is 16.5. The lowest BCUT2D eigenvalue weighted by atomic mass is 10.3. The zero-order valence-corrected chi connectivity index (χ0v) is 9.14. The van der Waals surface area contributed by atoms with Crippen LogP contribution in [0.3, 0.4) is 0 Å². The van der Waals surface area contributed by atoms with Crippen LogP contribution in [0.15, 0.2) is 12.3 Å². The topological polar surface area (TPSA) is 109 Å². The minimum atomic E-state index is -0.833. The first kappa shape index (κ1) is 12.9. The van der Waals surface area contributed by atoms with E-state index in [1.165, 1.54) is 6.20 Å². The number of pyridine rings is 1. The van der Waals surface area contributed by atoms with Gasteiger partial charge in [-0.25, -0.2) is 0 Å². The number of carboxylic acid groups (broad SMARTS) is 1. The minimum Gasteiger partial charge on any atom is -0.481 e. The van der Waals surface area contributed by atoms with Gasteiger partial charge in [0.15, 0.2) is 12.4 Å². The van der Waals surface area contributed by atoms with Gasteiger partial charge < -0.3 is 20.3 Å². The van der Waals surface area contributed by atoms with Gasteiger partial charge in [0.25, 0.3) is 11.9 Å². The van der Waals surface area contributed by atoms with Gasteiger partial charge in [-0.1, -0.05) is 0 Å². The molecule has 7 heteroatoms. The number of ether oxygens (including phenoxy) is 1. The SMILES string of the molecule is CC(=O)O.O=C1COc2cnc(CO)cc2N1. The second kappa shape index (κ2) is 5.80. The quantitative estimate of drug-likeness (QED) is 0.637. The molecule has 1 aromatic heterocycles. The van der Waals surface area contributed by atoms with Gasteiger partial charge >= 0.3 is 0 Å². The summed E-state index contributed by atoms with van der Waals surface area (Å²) in [6, 6.07) is 1.59. The normalized spacial score (nSPS) is 12.5. The number of aliphatic hydroxyl groups is 1. The van der Waals surface area contributed by atoms with Crippen LogP contribution >= 0.6 is 0 Å². The number of hydrogen-bond acceptors (Lipinski definition) is 5. The monoisotopic (exact) mass is 240 g/mol. The van der Waals surface area contributed by atoms with Gasteiger partial charge in [-0.15, -0.1) is 0 Å². The number of aromatic nitrogens is 1. The number of aliphatic carboxylic acids is 1. The van der Waals surface area contributed by atoms with Crippen LogP contribution in [0, 0.1) is 0 Å². The molecule has 92 valence electrons. The molecule has 0 bridgehead atoms. The zero-order valence-electron chi connectivity index (χ0n) is 9.14. The van der Waals surface area contributed by atoms with E-state index in [-0.39, 0.29) is 19.1 Å². The molecule has 0 saturated carbocycles. The van der Waals surface area contributed by atoms with Gasteiger partial charge in [-0.2, -0.15) is 0 Å². The van der Waals surface area contributed by atoms with E-state index in [1.54, 1.807) is 6.07 Å². The van der Waals surface area contributed by atoms with Crippen molar-refractivity contribution < 1.29 is 24.5 Å². The number of carbonyl (C=O) groups excluding carboxylic acids is 1. The van der Waals surface area contributed by atoms with Crippen molar-refractivity contribution in [3.63, 3.8) is 0 Å². The summed E-state index contributed by atoms with van der Waals surface area (Å²) in [5.41, 5.74) is 1.07. The third-order valence-corrected chi connectivity index (χ3v) is 1.72. The van der Waals surface area contributed by atoms with Crippen LogP contribution in [0.2, 0.25) is 0 Å². The van der Waals surface area contributed by atoms with Crippen molar-refractivity contribution >= 4 is 17.6 Å².